The maximum Gasteiger partial charge on any atom is 0.330 e. The van der Waals surface area contributed by atoms with E-state index in [0.29, 0.717) is 0 Å². The molecule has 2 saturated heterocycles. The number of carbonyl (C=O) groups excluding carboxylic acids is 4. The molecule has 0 aromatic carbocycles. The highest BCUT2D eigenvalue weighted by atomic mass is 16.2. The van der Waals surface area contributed by atoms with Gasteiger partial charge in [-0.15, -0.1) is 0 Å². The lowest BCUT2D eigenvalue weighted by Gasteiger charge is -2.23. The molecule has 0 N–H and O–H groups in total. The van der Waals surface area contributed by atoms with E-state index in [2.05, 4.69) is 0 Å². The van der Waals surface area contributed by atoms with Gasteiger partial charge in [-0.1, -0.05) is 0 Å². The molecule has 0 unspecified atom stereocenters. The van der Waals surface area contributed by atoms with Crippen LogP contribution in [-0.2, 0) is 9.59 Å². The number of rotatable bonds is 0. The van der Waals surface area contributed by atoms with Crippen LogP contribution in [0.3, 0.4) is 0 Å². The zero-order valence-corrected chi connectivity index (χ0v) is 10.6. The minimum absolute atomic E-state index is 0.454. The number of likely N-dealkylation sites (N-methyl/N-ethyl adjacent to an activating group) is 2. The van der Waals surface area contributed by atoms with Crippen LogP contribution in [0.5, 0.6) is 0 Å². The fraction of sp³-hybridized carbons (Fsp3) is 0.600. The molecule has 0 spiro atoms. The van der Waals surface area contributed by atoms with Gasteiger partial charge in [0.05, 0.1) is 0 Å². The fourth-order valence-electron chi connectivity index (χ4n) is 2.45. The Balaban J connectivity index is 2.49. The number of nitrogens with zero attached hydrogens (tertiary/aromatic N) is 4. The first kappa shape index (κ1) is 12.3. The highest BCUT2D eigenvalue weighted by Gasteiger charge is 2.59. The van der Waals surface area contributed by atoms with Crippen LogP contribution in [-0.4, -0.2) is 69.9 Å². The third kappa shape index (κ3) is 1.31. The molecule has 0 bridgehead atoms. The highest BCUT2D eigenvalue weighted by molar-refractivity contribution is 6.01. The maximum absolute atomic E-state index is 11.9. The molecule has 0 saturated carbocycles. The van der Waals surface area contributed by atoms with E-state index in [0.717, 1.165) is 9.80 Å². The molecule has 98 valence electrons. The van der Waals surface area contributed by atoms with Crippen molar-refractivity contribution in [2.45, 2.75) is 26.2 Å². The second-order valence-electron chi connectivity index (χ2n) is 4.39. The Labute approximate surface area is 104 Å². The fourth-order valence-corrected chi connectivity index (χ4v) is 2.45. The summed E-state index contributed by atoms with van der Waals surface area (Å²) < 4.78 is 0. The van der Waals surface area contributed by atoms with Crippen molar-refractivity contribution in [3.63, 3.8) is 0 Å². The highest BCUT2D eigenvalue weighted by Crippen LogP contribution is 2.33. The van der Waals surface area contributed by atoms with Gasteiger partial charge in [0, 0.05) is 27.9 Å². The van der Waals surface area contributed by atoms with Crippen molar-refractivity contribution in [3.8, 4) is 0 Å². The van der Waals surface area contributed by atoms with Crippen molar-refractivity contribution in [2.24, 2.45) is 0 Å². The van der Waals surface area contributed by atoms with E-state index in [1.54, 1.807) is 0 Å². The summed E-state index contributed by atoms with van der Waals surface area (Å²) in [6.07, 6.45) is -1.51. The molecule has 2 rings (SSSR count). The maximum atomic E-state index is 11.9. The van der Waals surface area contributed by atoms with Gasteiger partial charge in [0.2, 0.25) is 11.8 Å². The Morgan fingerprint density at radius 2 is 1.11 bits per heavy atom. The molecule has 6 amide bonds. The van der Waals surface area contributed by atoms with Crippen LogP contribution in [0, 0.1) is 0 Å². The Morgan fingerprint density at radius 3 is 1.33 bits per heavy atom. The predicted octanol–water partition coefficient (Wildman–Crippen LogP) is -0.534. The van der Waals surface area contributed by atoms with Crippen molar-refractivity contribution in [1.29, 1.82) is 0 Å². The zero-order chi connectivity index (χ0) is 13.8. The monoisotopic (exact) mass is 254 g/mol. The predicted molar refractivity (Wildman–Crippen MR) is 58.9 cm³/mol. The summed E-state index contributed by atoms with van der Waals surface area (Å²) >= 11 is 0. The standard InChI is InChI=1S/C10H14N4O4/c1-5(15)13-7-8(12(4)9(13)17)14(6(2)16)10(18)11(7)3/h7-8H,1-4H3/t7-,8-/m0/s1. The van der Waals surface area contributed by atoms with Crippen LogP contribution in [0.1, 0.15) is 13.8 Å². The summed E-state index contributed by atoms with van der Waals surface area (Å²) in [5.74, 6) is -0.909. The first-order valence-corrected chi connectivity index (χ1v) is 5.42. The van der Waals surface area contributed by atoms with Gasteiger partial charge in [0.25, 0.3) is 0 Å². The molecule has 2 aliphatic heterocycles. The average molecular weight is 254 g/mol. The molecule has 0 aromatic rings. The number of urea groups is 2. The largest absolute Gasteiger partial charge is 0.330 e. The second kappa shape index (κ2) is 3.69. The lowest BCUT2D eigenvalue weighted by Crippen LogP contribution is -2.46. The molecule has 18 heavy (non-hydrogen) atoms. The van der Waals surface area contributed by atoms with Crippen molar-refractivity contribution >= 4 is 23.9 Å². The first-order chi connectivity index (χ1) is 8.29. The van der Waals surface area contributed by atoms with E-state index < -0.39 is 36.2 Å². The number of fused-ring (bicyclic) bond motifs is 1. The number of carbonyl (C=O) groups is 4. The summed E-state index contributed by atoms with van der Waals surface area (Å²) in [4.78, 5) is 51.3. The van der Waals surface area contributed by atoms with E-state index in [-0.39, 0.29) is 0 Å². The number of hydrogen-bond donors (Lipinski definition) is 0. The van der Waals surface area contributed by atoms with Gasteiger partial charge in [0.15, 0.2) is 12.3 Å². The average Bonchev–Trinajstić information content (AvgIpc) is 2.66. The summed E-state index contributed by atoms with van der Waals surface area (Å²) in [6.45, 7) is 2.51. The third-order valence-corrected chi connectivity index (χ3v) is 3.28. The normalized spacial score (nSPS) is 27.1. The molecule has 2 aliphatic rings. The van der Waals surface area contributed by atoms with Crippen LogP contribution in [0.2, 0.25) is 0 Å². The number of imide groups is 2. The number of hydrogen-bond acceptors (Lipinski definition) is 4. The molecule has 8 nitrogen and oxygen atoms in total. The topological polar surface area (TPSA) is 81.2 Å². The molecule has 2 heterocycles. The van der Waals surface area contributed by atoms with Crippen molar-refractivity contribution in [2.75, 3.05) is 14.1 Å². The van der Waals surface area contributed by atoms with Gasteiger partial charge in [0.1, 0.15) is 0 Å². The number of amides is 6. The molecular weight excluding hydrogens is 240 g/mol. The SMILES string of the molecule is CC(=O)N1C(=O)N(C)[C@@H]2[C@H]1N(C)C(=O)N2C(C)=O. The lowest BCUT2D eigenvalue weighted by molar-refractivity contribution is -0.131. The van der Waals surface area contributed by atoms with Gasteiger partial charge in [-0.05, 0) is 0 Å². The molecule has 0 aliphatic carbocycles. The van der Waals surface area contributed by atoms with Crippen molar-refractivity contribution in [3.05, 3.63) is 0 Å². The molecule has 2 fully saturated rings. The summed E-state index contributed by atoms with van der Waals surface area (Å²) in [6, 6.07) is -1.02. The Bertz CT molecular complexity index is 421. The zero-order valence-electron chi connectivity index (χ0n) is 10.6. The van der Waals surface area contributed by atoms with E-state index in [1.807, 2.05) is 0 Å². The van der Waals surface area contributed by atoms with Crippen LogP contribution in [0.25, 0.3) is 0 Å². The Morgan fingerprint density at radius 1 is 0.833 bits per heavy atom. The summed E-state index contributed by atoms with van der Waals surface area (Å²) in [5, 5.41) is 0. The van der Waals surface area contributed by atoms with Crippen LogP contribution in [0.15, 0.2) is 0 Å². The summed E-state index contributed by atoms with van der Waals surface area (Å²) in [5.41, 5.74) is 0. The minimum Gasteiger partial charge on any atom is -0.302 e. The first-order valence-electron chi connectivity index (χ1n) is 5.42. The Kier molecular flexibility index (Phi) is 2.53. The van der Waals surface area contributed by atoms with Gasteiger partial charge in [-0.25, -0.2) is 19.4 Å². The van der Waals surface area contributed by atoms with Gasteiger partial charge >= 0.3 is 12.1 Å². The second-order valence-corrected chi connectivity index (χ2v) is 4.39. The Hall–Kier alpha value is -2.12. The lowest BCUT2D eigenvalue weighted by atomic mass is 10.3. The van der Waals surface area contributed by atoms with E-state index in [1.165, 1.54) is 37.7 Å². The van der Waals surface area contributed by atoms with E-state index >= 15 is 0 Å². The smallest absolute Gasteiger partial charge is 0.302 e. The minimum atomic E-state index is -0.753. The van der Waals surface area contributed by atoms with E-state index in [9.17, 15) is 19.2 Å². The molecule has 8 heteroatoms. The van der Waals surface area contributed by atoms with Gasteiger partial charge < -0.3 is 9.80 Å². The van der Waals surface area contributed by atoms with E-state index in [4.69, 9.17) is 0 Å². The molecular formula is C10H14N4O4. The van der Waals surface area contributed by atoms with Crippen LogP contribution >= 0.6 is 0 Å². The van der Waals surface area contributed by atoms with Crippen molar-refractivity contribution < 1.29 is 19.2 Å². The van der Waals surface area contributed by atoms with Gasteiger partial charge in [-0.2, -0.15) is 0 Å². The quantitative estimate of drug-likeness (QED) is 0.581. The summed E-state index contributed by atoms with van der Waals surface area (Å²) in [7, 11) is 2.93. The molecule has 0 radical (unpaired) electrons. The van der Waals surface area contributed by atoms with Crippen molar-refractivity contribution in [1.82, 2.24) is 19.6 Å². The molecule has 0 aromatic heterocycles. The van der Waals surface area contributed by atoms with Crippen LogP contribution < -0.4 is 0 Å². The van der Waals surface area contributed by atoms with Crippen LogP contribution in [0.4, 0.5) is 9.59 Å². The molecule has 2 atom stereocenters. The van der Waals surface area contributed by atoms with Gasteiger partial charge in [-0.3, -0.25) is 9.59 Å². The third-order valence-electron chi connectivity index (χ3n) is 3.28.